The fourth-order valence-electron chi connectivity index (χ4n) is 2.75. The number of hydrazine groups is 1. The number of carbonyl (C=O) groups is 2. The van der Waals surface area contributed by atoms with Gasteiger partial charge in [0, 0.05) is 0 Å². The molecule has 6 nitrogen and oxygen atoms in total. The number of rotatable bonds is 7. The van der Waals surface area contributed by atoms with E-state index in [0.29, 0.717) is 23.7 Å². The molecule has 6 heteroatoms. The Bertz CT molecular complexity index is 1000. The number of carbonyl (C=O) groups excluding carboxylic acids is 2. The average Bonchev–Trinajstić information content (AvgIpc) is 2.76. The summed E-state index contributed by atoms with van der Waals surface area (Å²) in [6.07, 6.45) is -0.781. The first-order chi connectivity index (χ1) is 14.5. The molecule has 0 radical (unpaired) electrons. The molecular formula is C24H24N2O4. The second-order valence-corrected chi connectivity index (χ2v) is 6.79. The van der Waals surface area contributed by atoms with E-state index in [9.17, 15) is 9.59 Å². The molecule has 0 bridgehead atoms. The van der Waals surface area contributed by atoms with Crippen molar-refractivity contribution in [3.63, 3.8) is 0 Å². The van der Waals surface area contributed by atoms with E-state index in [1.807, 2.05) is 55.5 Å². The van der Waals surface area contributed by atoms with Gasteiger partial charge in [0.25, 0.3) is 11.8 Å². The first-order valence-electron chi connectivity index (χ1n) is 9.62. The second kappa shape index (κ2) is 10.1. The van der Waals surface area contributed by atoms with Gasteiger partial charge in [-0.1, -0.05) is 54.6 Å². The highest BCUT2D eigenvalue weighted by Crippen LogP contribution is 2.19. The Morgan fingerprint density at radius 3 is 2.40 bits per heavy atom. The average molecular weight is 404 g/mol. The Morgan fingerprint density at radius 2 is 1.63 bits per heavy atom. The number of amides is 2. The molecular weight excluding hydrogens is 380 g/mol. The minimum Gasteiger partial charge on any atom is -0.488 e. The van der Waals surface area contributed by atoms with Crippen LogP contribution < -0.4 is 20.3 Å². The zero-order valence-corrected chi connectivity index (χ0v) is 16.9. The molecule has 0 heterocycles. The zero-order chi connectivity index (χ0) is 21.3. The molecule has 154 valence electrons. The number of para-hydroxylation sites is 1. The summed E-state index contributed by atoms with van der Waals surface area (Å²) in [7, 11) is 0. The van der Waals surface area contributed by atoms with Crippen molar-refractivity contribution in [3.8, 4) is 11.5 Å². The zero-order valence-electron chi connectivity index (χ0n) is 16.9. The van der Waals surface area contributed by atoms with E-state index in [1.165, 1.54) is 0 Å². The fraction of sp³-hybridized carbons (Fsp3) is 0.167. The largest absolute Gasteiger partial charge is 0.488 e. The van der Waals surface area contributed by atoms with Crippen LogP contribution in [0.2, 0.25) is 0 Å². The molecule has 3 rings (SSSR count). The molecule has 2 amide bonds. The Labute approximate surface area is 175 Å². The predicted molar refractivity (Wildman–Crippen MR) is 114 cm³/mol. The molecule has 1 atom stereocenters. The summed E-state index contributed by atoms with van der Waals surface area (Å²) in [5, 5.41) is 0. The minimum atomic E-state index is -0.781. The van der Waals surface area contributed by atoms with Gasteiger partial charge in [-0.3, -0.25) is 20.4 Å². The molecule has 0 aliphatic carbocycles. The van der Waals surface area contributed by atoms with Gasteiger partial charge >= 0.3 is 0 Å². The number of aryl methyl sites for hydroxylation is 1. The van der Waals surface area contributed by atoms with Gasteiger partial charge in [0.1, 0.15) is 18.1 Å². The molecule has 30 heavy (non-hydrogen) atoms. The first kappa shape index (κ1) is 20.9. The van der Waals surface area contributed by atoms with Crippen molar-refractivity contribution in [2.45, 2.75) is 26.6 Å². The van der Waals surface area contributed by atoms with E-state index in [4.69, 9.17) is 9.47 Å². The Hall–Kier alpha value is -3.80. The van der Waals surface area contributed by atoms with Crippen LogP contribution >= 0.6 is 0 Å². The molecule has 0 saturated carbocycles. The fourth-order valence-corrected chi connectivity index (χ4v) is 2.75. The number of nitrogens with one attached hydrogen (secondary N) is 2. The van der Waals surface area contributed by atoms with Crippen molar-refractivity contribution < 1.29 is 19.1 Å². The summed E-state index contributed by atoms with van der Waals surface area (Å²) in [6, 6.07) is 23.9. The third-order valence-corrected chi connectivity index (χ3v) is 4.34. The summed E-state index contributed by atoms with van der Waals surface area (Å²) in [6.45, 7) is 3.88. The van der Waals surface area contributed by atoms with E-state index in [1.54, 1.807) is 37.3 Å². The molecule has 2 N–H and O–H groups in total. The first-order valence-corrected chi connectivity index (χ1v) is 9.62. The lowest BCUT2D eigenvalue weighted by Gasteiger charge is -2.16. The van der Waals surface area contributed by atoms with E-state index >= 15 is 0 Å². The van der Waals surface area contributed by atoms with Crippen LogP contribution in [-0.2, 0) is 11.4 Å². The maximum Gasteiger partial charge on any atom is 0.279 e. The molecule has 0 aliphatic rings. The van der Waals surface area contributed by atoms with Gasteiger partial charge in [0.15, 0.2) is 6.10 Å². The van der Waals surface area contributed by atoms with Gasteiger partial charge in [-0.2, -0.15) is 0 Å². The third-order valence-electron chi connectivity index (χ3n) is 4.34. The lowest BCUT2D eigenvalue weighted by atomic mass is 10.2. The van der Waals surface area contributed by atoms with Crippen LogP contribution in [0.15, 0.2) is 78.9 Å². The van der Waals surface area contributed by atoms with Crippen LogP contribution in [0.5, 0.6) is 11.5 Å². The quantitative estimate of drug-likeness (QED) is 0.587. The Kier molecular flexibility index (Phi) is 7.05. The lowest BCUT2D eigenvalue weighted by Crippen LogP contribution is -2.47. The highest BCUT2D eigenvalue weighted by molar-refractivity contribution is 5.98. The molecule has 0 aliphatic heterocycles. The van der Waals surface area contributed by atoms with Gasteiger partial charge in [0.05, 0.1) is 5.56 Å². The Balaban J connectivity index is 1.56. The van der Waals surface area contributed by atoms with E-state index in [2.05, 4.69) is 10.9 Å². The highest BCUT2D eigenvalue weighted by Gasteiger charge is 2.17. The number of ether oxygens (including phenoxy) is 2. The monoisotopic (exact) mass is 404 g/mol. The van der Waals surface area contributed by atoms with Gasteiger partial charge < -0.3 is 9.47 Å². The van der Waals surface area contributed by atoms with E-state index in [-0.39, 0.29) is 0 Å². The summed E-state index contributed by atoms with van der Waals surface area (Å²) >= 11 is 0. The smallest absolute Gasteiger partial charge is 0.279 e. The molecule has 0 aromatic heterocycles. The maximum atomic E-state index is 12.6. The van der Waals surface area contributed by atoms with Crippen molar-refractivity contribution in [2.75, 3.05) is 0 Å². The van der Waals surface area contributed by atoms with Crippen LogP contribution in [0.1, 0.15) is 28.4 Å². The van der Waals surface area contributed by atoms with Crippen LogP contribution in [0.25, 0.3) is 0 Å². The van der Waals surface area contributed by atoms with E-state index in [0.717, 1.165) is 11.1 Å². The highest BCUT2D eigenvalue weighted by atomic mass is 16.5. The number of benzene rings is 3. The van der Waals surface area contributed by atoms with Gasteiger partial charge in [-0.05, 0) is 49.2 Å². The summed E-state index contributed by atoms with van der Waals surface area (Å²) in [5.74, 6) is 0.0723. The minimum absolute atomic E-state index is 0.320. The molecule has 0 saturated heterocycles. The maximum absolute atomic E-state index is 12.6. The van der Waals surface area contributed by atoms with E-state index < -0.39 is 17.9 Å². The topological polar surface area (TPSA) is 76.7 Å². The van der Waals surface area contributed by atoms with Crippen molar-refractivity contribution in [1.82, 2.24) is 10.9 Å². The van der Waals surface area contributed by atoms with Gasteiger partial charge in [-0.25, -0.2) is 0 Å². The van der Waals surface area contributed by atoms with Crippen molar-refractivity contribution in [1.29, 1.82) is 0 Å². The molecule has 0 fully saturated rings. The third kappa shape index (κ3) is 5.85. The van der Waals surface area contributed by atoms with Gasteiger partial charge in [0.2, 0.25) is 0 Å². The number of hydrogen-bond acceptors (Lipinski definition) is 4. The standard InChI is InChI=1S/C24H24N2O4/c1-17-9-8-12-20(15-17)30-18(2)23(27)25-26-24(28)21-13-6-7-14-22(21)29-16-19-10-4-3-5-11-19/h3-15,18H,16H2,1-2H3,(H,25,27)(H,26,28)/t18-/m0/s1. The van der Waals surface area contributed by atoms with Crippen molar-refractivity contribution in [2.24, 2.45) is 0 Å². The Morgan fingerprint density at radius 1 is 0.900 bits per heavy atom. The van der Waals surface area contributed by atoms with Crippen molar-refractivity contribution in [3.05, 3.63) is 95.6 Å². The van der Waals surface area contributed by atoms with Gasteiger partial charge in [-0.15, -0.1) is 0 Å². The lowest BCUT2D eigenvalue weighted by molar-refractivity contribution is -0.128. The molecule has 3 aromatic rings. The molecule has 0 unspecified atom stereocenters. The normalized spacial score (nSPS) is 11.3. The summed E-state index contributed by atoms with van der Waals surface area (Å²) < 4.78 is 11.4. The number of hydrogen-bond donors (Lipinski definition) is 2. The van der Waals surface area contributed by atoms with Crippen molar-refractivity contribution >= 4 is 11.8 Å². The SMILES string of the molecule is Cc1cccc(O[C@@H](C)C(=O)NNC(=O)c2ccccc2OCc2ccccc2)c1. The van der Waals surface area contributed by atoms with Crippen LogP contribution in [0.3, 0.4) is 0 Å². The van der Waals surface area contributed by atoms with Crippen LogP contribution in [-0.4, -0.2) is 17.9 Å². The molecule has 0 spiro atoms. The second-order valence-electron chi connectivity index (χ2n) is 6.79. The predicted octanol–water partition coefficient (Wildman–Crippen LogP) is 3.80. The van der Waals surface area contributed by atoms with Crippen LogP contribution in [0.4, 0.5) is 0 Å². The molecule has 3 aromatic carbocycles. The summed E-state index contributed by atoms with van der Waals surface area (Å²) in [5.41, 5.74) is 7.15. The summed E-state index contributed by atoms with van der Waals surface area (Å²) in [4.78, 5) is 24.8. The van der Waals surface area contributed by atoms with Crippen LogP contribution in [0, 0.1) is 6.92 Å².